The molecule has 1 aliphatic rings. The molecule has 0 saturated carbocycles. The van der Waals surface area contributed by atoms with Crippen LogP contribution in [0.2, 0.25) is 0 Å². The van der Waals surface area contributed by atoms with Crippen LogP contribution in [0.5, 0.6) is 5.75 Å². The van der Waals surface area contributed by atoms with E-state index in [1.54, 1.807) is 48.5 Å². The number of rotatable bonds is 6. The number of carbonyl (C=O) groups excluding carboxylic acids is 2. The van der Waals surface area contributed by atoms with Crippen molar-refractivity contribution in [3.8, 4) is 5.75 Å². The van der Waals surface area contributed by atoms with Gasteiger partial charge in [0, 0.05) is 43.9 Å². The van der Waals surface area contributed by atoms with Gasteiger partial charge >= 0.3 is 5.97 Å². The first-order valence-electron chi connectivity index (χ1n) is 10.8. The van der Waals surface area contributed by atoms with Gasteiger partial charge in [0.05, 0.1) is 5.56 Å². The van der Waals surface area contributed by atoms with Crippen molar-refractivity contribution in [1.29, 1.82) is 5.41 Å². The van der Waals surface area contributed by atoms with Crippen LogP contribution in [0.3, 0.4) is 0 Å². The van der Waals surface area contributed by atoms with Crippen molar-refractivity contribution < 1.29 is 14.3 Å². The molecule has 0 unspecified atom stereocenters. The van der Waals surface area contributed by atoms with Crippen molar-refractivity contribution in [3.63, 3.8) is 0 Å². The van der Waals surface area contributed by atoms with Crippen LogP contribution >= 0.6 is 0 Å². The van der Waals surface area contributed by atoms with Crippen molar-refractivity contribution >= 4 is 17.7 Å². The number of benzene rings is 3. The van der Waals surface area contributed by atoms with Crippen molar-refractivity contribution in [1.82, 2.24) is 9.80 Å². The smallest absolute Gasteiger partial charge is 0.343 e. The Morgan fingerprint density at radius 1 is 0.788 bits per heavy atom. The topological polar surface area (TPSA) is 99.7 Å². The summed E-state index contributed by atoms with van der Waals surface area (Å²) in [6.45, 7) is 3.88. The molecular formula is C26H26N4O3. The number of carbonyl (C=O) groups is 2. The number of nitrogen functional groups attached to an aromatic ring is 1. The van der Waals surface area contributed by atoms with Crippen LogP contribution in [0.15, 0.2) is 78.9 Å². The van der Waals surface area contributed by atoms with E-state index in [-0.39, 0.29) is 11.7 Å². The van der Waals surface area contributed by atoms with Gasteiger partial charge in [0.2, 0.25) is 0 Å². The zero-order chi connectivity index (χ0) is 23.2. The average Bonchev–Trinajstić information content (AvgIpc) is 2.85. The maximum absolute atomic E-state index is 12.9. The Labute approximate surface area is 192 Å². The summed E-state index contributed by atoms with van der Waals surface area (Å²) < 4.78 is 5.36. The molecule has 1 aliphatic heterocycles. The lowest BCUT2D eigenvalue weighted by atomic mass is 10.1. The lowest BCUT2D eigenvalue weighted by molar-refractivity contribution is 0.0627. The van der Waals surface area contributed by atoms with Crippen LogP contribution in [0, 0.1) is 5.41 Å². The monoisotopic (exact) mass is 442 g/mol. The van der Waals surface area contributed by atoms with Gasteiger partial charge in [-0.3, -0.25) is 15.1 Å². The fourth-order valence-electron chi connectivity index (χ4n) is 3.75. The number of nitrogens with one attached hydrogen (secondary N) is 1. The minimum Gasteiger partial charge on any atom is -0.423 e. The predicted molar refractivity (Wildman–Crippen MR) is 126 cm³/mol. The highest BCUT2D eigenvalue weighted by Gasteiger charge is 2.22. The van der Waals surface area contributed by atoms with Gasteiger partial charge < -0.3 is 15.4 Å². The molecule has 0 bridgehead atoms. The molecule has 0 radical (unpaired) electrons. The van der Waals surface area contributed by atoms with E-state index in [4.69, 9.17) is 15.9 Å². The first kappa shape index (κ1) is 22.2. The van der Waals surface area contributed by atoms with E-state index in [1.807, 2.05) is 23.1 Å². The van der Waals surface area contributed by atoms with E-state index in [2.05, 4.69) is 17.0 Å². The molecule has 0 aliphatic carbocycles. The highest BCUT2D eigenvalue weighted by Crippen LogP contribution is 2.16. The highest BCUT2D eigenvalue weighted by atomic mass is 16.5. The second-order valence-corrected chi connectivity index (χ2v) is 7.96. The number of nitrogens with two attached hydrogens (primary N) is 1. The molecule has 7 heteroatoms. The third kappa shape index (κ3) is 5.64. The van der Waals surface area contributed by atoms with Gasteiger partial charge in [-0.15, -0.1) is 0 Å². The van der Waals surface area contributed by atoms with E-state index in [0.29, 0.717) is 35.5 Å². The van der Waals surface area contributed by atoms with Crippen LogP contribution in [0.4, 0.5) is 0 Å². The average molecular weight is 443 g/mol. The summed E-state index contributed by atoms with van der Waals surface area (Å²) in [5, 5.41) is 7.40. The summed E-state index contributed by atoms with van der Waals surface area (Å²) in [5.41, 5.74) is 8.16. The van der Waals surface area contributed by atoms with Crippen LogP contribution in [0.1, 0.15) is 31.8 Å². The van der Waals surface area contributed by atoms with Crippen molar-refractivity contribution in [2.24, 2.45) is 5.73 Å². The number of hydrogen-bond donors (Lipinski definition) is 2. The first-order chi connectivity index (χ1) is 16.0. The molecule has 0 aromatic heterocycles. The van der Waals surface area contributed by atoms with E-state index in [1.165, 1.54) is 5.56 Å². The second-order valence-electron chi connectivity index (χ2n) is 7.96. The molecule has 168 valence electrons. The van der Waals surface area contributed by atoms with E-state index in [9.17, 15) is 9.59 Å². The van der Waals surface area contributed by atoms with Gasteiger partial charge in [-0.1, -0.05) is 30.3 Å². The molecule has 1 amide bonds. The van der Waals surface area contributed by atoms with Crippen LogP contribution < -0.4 is 10.5 Å². The molecule has 0 spiro atoms. The maximum Gasteiger partial charge on any atom is 0.343 e. The predicted octanol–water partition coefficient (Wildman–Crippen LogP) is 3.15. The largest absolute Gasteiger partial charge is 0.423 e. The maximum atomic E-state index is 12.9. The Kier molecular flexibility index (Phi) is 6.80. The van der Waals surface area contributed by atoms with Gasteiger partial charge in [-0.05, 0) is 54.1 Å². The Hall–Kier alpha value is -3.97. The van der Waals surface area contributed by atoms with Crippen LogP contribution in [-0.2, 0) is 6.54 Å². The molecule has 1 heterocycles. The van der Waals surface area contributed by atoms with Crippen molar-refractivity contribution in [2.45, 2.75) is 6.54 Å². The summed E-state index contributed by atoms with van der Waals surface area (Å²) in [4.78, 5) is 29.5. The summed E-state index contributed by atoms with van der Waals surface area (Å²) >= 11 is 0. The molecule has 0 atom stereocenters. The quantitative estimate of drug-likeness (QED) is 0.264. The summed E-state index contributed by atoms with van der Waals surface area (Å²) in [5.74, 6) is -0.238. The highest BCUT2D eigenvalue weighted by molar-refractivity contribution is 5.97. The molecule has 3 aromatic carbocycles. The van der Waals surface area contributed by atoms with Gasteiger partial charge in [-0.2, -0.15) is 0 Å². The van der Waals surface area contributed by atoms with E-state index < -0.39 is 5.97 Å². The molecular weight excluding hydrogens is 416 g/mol. The number of esters is 1. The SMILES string of the molecule is N=C(N)c1ccc(OC(=O)c2ccc(C(=O)N3CCN(Cc4ccccc4)CC3)cc2)cc1. The number of hydrogen-bond acceptors (Lipinski definition) is 5. The van der Waals surface area contributed by atoms with Crippen molar-refractivity contribution in [2.75, 3.05) is 26.2 Å². The number of nitrogens with zero attached hydrogens (tertiary/aromatic N) is 2. The Bertz CT molecular complexity index is 1120. The first-order valence-corrected chi connectivity index (χ1v) is 10.8. The number of amidine groups is 1. The molecule has 3 aromatic rings. The van der Waals surface area contributed by atoms with Gasteiger partial charge in [-0.25, -0.2) is 4.79 Å². The third-order valence-electron chi connectivity index (χ3n) is 5.65. The normalized spacial score (nSPS) is 14.0. The molecule has 3 N–H and O–H groups in total. The Balaban J connectivity index is 1.30. The fourth-order valence-corrected chi connectivity index (χ4v) is 3.75. The number of amides is 1. The zero-order valence-corrected chi connectivity index (χ0v) is 18.2. The minimum atomic E-state index is -0.515. The molecule has 7 nitrogen and oxygen atoms in total. The van der Waals surface area contributed by atoms with Gasteiger partial charge in [0.15, 0.2) is 0 Å². The summed E-state index contributed by atoms with van der Waals surface area (Å²) in [7, 11) is 0. The Morgan fingerprint density at radius 2 is 1.36 bits per heavy atom. The summed E-state index contributed by atoms with van der Waals surface area (Å²) in [6, 6.07) is 23.3. The number of piperazine rings is 1. The molecule has 1 fully saturated rings. The van der Waals surface area contributed by atoms with E-state index >= 15 is 0 Å². The van der Waals surface area contributed by atoms with Gasteiger partial charge in [0.25, 0.3) is 5.91 Å². The fraction of sp³-hybridized carbons (Fsp3) is 0.192. The van der Waals surface area contributed by atoms with Crippen molar-refractivity contribution in [3.05, 3.63) is 101 Å². The van der Waals surface area contributed by atoms with E-state index in [0.717, 1.165) is 19.6 Å². The second kappa shape index (κ2) is 10.1. The molecule has 33 heavy (non-hydrogen) atoms. The van der Waals surface area contributed by atoms with Gasteiger partial charge in [0.1, 0.15) is 11.6 Å². The zero-order valence-electron chi connectivity index (χ0n) is 18.2. The standard InChI is InChI=1S/C26H26N4O3/c27-24(28)20-10-12-23(13-11-20)33-26(32)22-8-6-21(7-9-22)25(31)30-16-14-29(15-17-30)18-19-4-2-1-3-5-19/h1-13H,14-18H2,(H3,27,28). The molecule has 4 rings (SSSR count). The minimum absolute atomic E-state index is 0.0332. The van der Waals surface area contributed by atoms with Crippen LogP contribution in [0.25, 0.3) is 0 Å². The van der Waals surface area contributed by atoms with Crippen LogP contribution in [-0.4, -0.2) is 53.7 Å². The third-order valence-corrected chi connectivity index (χ3v) is 5.65. The summed E-state index contributed by atoms with van der Waals surface area (Å²) in [6.07, 6.45) is 0. The number of ether oxygens (including phenoxy) is 1. The lowest BCUT2D eigenvalue weighted by Gasteiger charge is -2.34. The lowest BCUT2D eigenvalue weighted by Crippen LogP contribution is -2.48. The Morgan fingerprint density at radius 3 is 1.97 bits per heavy atom. The molecule has 1 saturated heterocycles.